The van der Waals surface area contributed by atoms with E-state index in [4.69, 9.17) is 14.7 Å². The number of nitriles is 1. The van der Waals surface area contributed by atoms with E-state index in [0.29, 0.717) is 31.2 Å². The summed E-state index contributed by atoms with van der Waals surface area (Å²) in [7, 11) is 0. The summed E-state index contributed by atoms with van der Waals surface area (Å²) in [4.78, 5) is 28.9. The predicted molar refractivity (Wildman–Crippen MR) is 145 cm³/mol. The van der Waals surface area contributed by atoms with Crippen LogP contribution in [0.2, 0.25) is 0 Å². The molecule has 1 saturated carbocycles. The molecular weight excluding hydrogens is 594 g/mol. The zero-order valence-corrected chi connectivity index (χ0v) is 23.5. The SMILES string of the molecule is N#Cc1ccc(N[C@H]2CC[C@H](OCC(=O)N3CCN(C(=O)C4Cc5cc(C(F)(F)F)ccc5O4)CC3)CC2)cc1C(F)(F)F. The van der Waals surface area contributed by atoms with Gasteiger partial charge in [-0.2, -0.15) is 31.6 Å². The number of fused-ring (bicyclic) bond motifs is 1. The highest BCUT2D eigenvalue weighted by Gasteiger charge is 2.38. The molecule has 1 aliphatic carbocycles. The molecule has 2 aromatic rings. The molecule has 8 nitrogen and oxygen atoms in total. The van der Waals surface area contributed by atoms with Gasteiger partial charge in [-0.25, -0.2) is 0 Å². The number of benzene rings is 2. The number of alkyl halides is 6. The van der Waals surface area contributed by atoms with E-state index in [-0.39, 0.29) is 74.6 Å². The largest absolute Gasteiger partial charge is 0.480 e. The van der Waals surface area contributed by atoms with Gasteiger partial charge in [-0.1, -0.05) is 0 Å². The van der Waals surface area contributed by atoms with Crippen molar-refractivity contribution < 1.29 is 45.4 Å². The molecule has 1 N–H and O–H groups in total. The molecule has 0 spiro atoms. The summed E-state index contributed by atoms with van der Waals surface area (Å²) in [5.74, 6) is -0.296. The number of hydrogen-bond acceptors (Lipinski definition) is 6. The first kappa shape index (κ1) is 31.4. The van der Waals surface area contributed by atoms with Crippen molar-refractivity contribution in [1.29, 1.82) is 5.26 Å². The normalized spacial score (nSPS) is 22.2. The highest BCUT2D eigenvalue weighted by atomic mass is 19.4. The third-order valence-electron chi connectivity index (χ3n) is 8.21. The second-order valence-electron chi connectivity index (χ2n) is 11.1. The van der Waals surface area contributed by atoms with Gasteiger partial charge in [-0.15, -0.1) is 0 Å². The molecule has 1 unspecified atom stereocenters. The second-order valence-corrected chi connectivity index (χ2v) is 11.1. The van der Waals surface area contributed by atoms with Crippen molar-refractivity contribution in [2.75, 3.05) is 38.1 Å². The Morgan fingerprint density at radius 1 is 0.932 bits per heavy atom. The number of hydrogen-bond donors (Lipinski definition) is 1. The molecule has 2 aromatic carbocycles. The van der Waals surface area contributed by atoms with E-state index in [9.17, 15) is 35.9 Å². The lowest BCUT2D eigenvalue weighted by Crippen LogP contribution is -2.54. The smallest absolute Gasteiger partial charge is 0.417 e. The molecular formula is C30H30F6N4O4. The van der Waals surface area contributed by atoms with Crippen LogP contribution >= 0.6 is 0 Å². The number of anilines is 1. The second kappa shape index (κ2) is 12.6. The van der Waals surface area contributed by atoms with Gasteiger partial charge in [-0.3, -0.25) is 9.59 Å². The number of rotatable bonds is 6. The lowest BCUT2D eigenvalue weighted by Gasteiger charge is -2.36. The van der Waals surface area contributed by atoms with E-state index in [2.05, 4.69) is 5.32 Å². The van der Waals surface area contributed by atoms with Crippen LogP contribution in [0.3, 0.4) is 0 Å². The molecule has 236 valence electrons. The third-order valence-corrected chi connectivity index (χ3v) is 8.21. The summed E-state index contributed by atoms with van der Waals surface area (Å²) in [6.45, 7) is 0.956. The van der Waals surface area contributed by atoms with Gasteiger partial charge < -0.3 is 24.6 Å². The van der Waals surface area contributed by atoms with Crippen LogP contribution in [0.4, 0.5) is 32.0 Å². The van der Waals surface area contributed by atoms with Gasteiger partial charge in [0.15, 0.2) is 6.10 Å². The van der Waals surface area contributed by atoms with E-state index in [0.717, 1.165) is 24.3 Å². The standard InChI is InChI=1S/C30H30F6N4O4/c31-29(32,33)20-2-8-25-19(13-20)14-26(44-25)28(42)40-11-9-39(10-12-40)27(41)17-43-23-6-4-21(5-7-23)38-22-3-1-18(16-37)24(15-22)30(34,35)36/h1-3,8,13,15,21,23,26,38H,4-7,9-12,14,17H2/t21-,23-,26?. The van der Waals surface area contributed by atoms with Gasteiger partial charge in [0.05, 0.1) is 28.9 Å². The monoisotopic (exact) mass is 624 g/mol. The van der Waals surface area contributed by atoms with Gasteiger partial charge >= 0.3 is 12.4 Å². The number of halogens is 6. The van der Waals surface area contributed by atoms with Gasteiger partial charge in [0, 0.05) is 44.3 Å². The van der Waals surface area contributed by atoms with Gasteiger partial charge in [0.25, 0.3) is 5.91 Å². The van der Waals surface area contributed by atoms with E-state index in [1.165, 1.54) is 12.1 Å². The average molecular weight is 625 g/mol. The molecule has 5 rings (SSSR count). The minimum Gasteiger partial charge on any atom is -0.480 e. The molecule has 2 heterocycles. The van der Waals surface area contributed by atoms with Crippen LogP contribution < -0.4 is 10.1 Å². The quantitative estimate of drug-likeness (QED) is 0.455. The Morgan fingerprint density at radius 3 is 2.25 bits per heavy atom. The number of carbonyl (C=O) groups is 2. The maximum atomic E-state index is 13.3. The van der Waals surface area contributed by atoms with Crippen molar-refractivity contribution in [2.24, 2.45) is 0 Å². The number of carbonyl (C=O) groups excluding carboxylic acids is 2. The summed E-state index contributed by atoms with van der Waals surface area (Å²) in [6, 6.07) is 8.20. The molecule has 3 aliphatic rings. The Morgan fingerprint density at radius 2 is 1.61 bits per heavy atom. The summed E-state index contributed by atoms with van der Waals surface area (Å²) in [5.41, 5.74) is -1.59. The van der Waals surface area contributed by atoms with Gasteiger partial charge in [-0.05, 0) is 67.6 Å². The lowest BCUT2D eigenvalue weighted by molar-refractivity contribution is -0.146. The van der Waals surface area contributed by atoms with Crippen LogP contribution in [-0.2, 0) is 33.1 Å². The van der Waals surface area contributed by atoms with Crippen molar-refractivity contribution >= 4 is 17.5 Å². The van der Waals surface area contributed by atoms with Crippen molar-refractivity contribution in [3.8, 4) is 11.8 Å². The van der Waals surface area contributed by atoms with Crippen LogP contribution in [0.25, 0.3) is 0 Å². The summed E-state index contributed by atoms with van der Waals surface area (Å²) in [5, 5.41) is 12.1. The van der Waals surface area contributed by atoms with Crippen molar-refractivity contribution in [1.82, 2.24) is 9.80 Å². The zero-order valence-electron chi connectivity index (χ0n) is 23.5. The molecule has 2 amide bonds. The van der Waals surface area contributed by atoms with Crippen LogP contribution in [0.15, 0.2) is 36.4 Å². The molecule has 2 aliphatic heterocycles. The third kappa shape index (κ3) is 7.20. The summed E-state index contributed by atoms with van der Waals surface area (Å²) < 4.78 is 90.3. The fraction of sp³-hybridized carbons (Fsp3) is 0.500. The Hall–Kier alpha value is -3.99. The van der Waals surface area contributed by atoms with Crippen molar-refractivity contribution in [3.05, 3.63) is 58.7 Å². The molecule has 44 heavy (non-hydrogen) atoms. The fourth-order valence-corrected chi connectivity index (χ4v) is 5.80. The number of nitrogens with zero attached hydrogens (tertiary/aromatic N) is 3. The Labute approximate surface area is 249 Å². The lowest BCUT2D eigenvalue weighted by atomic mass is 9.92. The molecule has 14 heteroatoms. The minimum atomic E-state index is -4.63. The highest BCUT2D eigenvalue weighted by Crippen LogP contribution is 2.37. The number of piperazine rings is 1. The first-order valence-corrected chi connectivity index (χ1v) is 14.2. The average Bonchev–Trinajstić information content (AvgIpc) is 3.43. The van der Waals surface area contributed by atoms with Crippen molar-refractivity contribution in [3.63, 3.8) is 0 Å². The topological polar surface area (TPSA) is 94.9 Å². The first-order chi connectivity index (χ1) is 20.8. The van der Waals surface area contributed by atoms with E-state index >= 15 is 0 Å². The Balaban J connectivity index is 1.02. The van der Waals surface area contributed by atoms with Crippen molar-refractivity contribution in [2.45, 2.75) is 62.7 Å². The zero-order chi connectivity index (χ0) is 31.6. The van der Waals surface area contributed by atoms with Gasteiger partial charge in [0.2, 0.25) is 5.91 Å². The highest BCUT2D eigenvalue weighted by molar-refractivity contribution is 5.83. The van der Waals surface area contributed by atoms with Crippen LogP contribution in [0.1, 0.15) is 47.9 Å². The molecule has 2 fully saturated rings. The van der Waals surface area contributed by atoms with Gasteiger partial charge in [0.1, 0.15) is 12.4 Å². The minimum absolute atomic E-state index is 0.0465. The summed E-state index contributed by atoms with van der Waals surface area (Å²) >= 11 is 0. The molecule has 1 saturated heterocycles. The number of nitrogens with one attached hydrogen (secondary N) is 1. The first-order valence-electron chi connectivity index (χ1n) is 14.2. The predicted octanol–water partition coefficient (Wildman–Crippen LogP) is 5.01. The van der Waals surface area contributed by atoms with E-state index in [1.54, 1.807) is 15.9 Å². The molecule has 0 bridgehead atoms. The summed E-state index contributed by atoms with van der Waals surface area (Å²) in [6.07, 6.45) is -7.66. The number of ether oxygens (including phenoxy) is 2. The maximum Gasteiger partial charge on any atom is 0.417 e. The van der Waals surface area contributed by atoms with E-state index in [1.807, 2.05) is 0 Å². The van der Waals surface area contributed by atoms with E-state index < -0.39 is 35.1 Å². The maximum absolute atomic E-state index is 13.3. The molecule has 0 aromatic heterocycles. The molecule has 1 atom stereocenters. The van der Waals surface area contributed by atoms with Crippen LogP contribution in [0, 0.1) is 11.3 Å². The van der Waals surface area contributed by atoms with Crippen LogP contribution in [0.5, 0.6) is 5.75 Å². The van der Waals surface area contributed by atoms with Crippen LogP contribution in [-0.4, -0.2) is 72.6 Å². The fourth-order valence-electron chi connectivity index (χ4n) is 5.80. The Kier molecular flexibility index (Phi) is 8.97. The number of amides is 2. The molecule has 0 radical (unpaired) electrons. The Bertz CT molecular complexity index is 1420.